The lowest BCUT2D eigenvalue weighted by Crippen LogP contribution is -2.21. The zero-order chi connectivity index (χ0) is 22.8. The highest BCUT2D eigenvalue weighted by Crippen LogP contribution is 2.10. The van der Waals surface area contributed by atoms with Crippen LogP contribution in [-0.4, -0.2) is 49.1 Å². The number of oxime groups is 2. The van der Waals surface area contributed by atoms with Crippen LogP contribution in [0.2, 0.25) is 0 Å². The van der Waals surface area contributed by atoms with Crippen molar-refractivity contribution in [3.8, 4) is 0 Å². The number of tetrazole rings is 1. The maximum Gasteiger partial charge on any atom is 0.274 e. The first-order valence-corrected chi connectivity index (χ1v) is 10.0. The van der Waals surface area contributed by atoms with Gasteiger partial charge in [0, 0.05) is 12.6 Å². The Morgan fingerprint density at radius 2 is 1.91 bits per heavy atom. The molecule has 166 valence electrons. The molecule has 0 unspecified atom stereocenters. The molecular formula is C21H24N8O3. The summed E-state index contributed by atoms with van der Waals surface area (Å²) in [6, 6.07) is 14.7. The van der Waals surface area contributed by atoms with Crippen LogP contribution in [0.3, 0.4) is 0 Å². The van der Waals surface area contributed by atoms with E-state index < -0.39 is 5.91 Å². The number of nitrogens with zero attached hydrogens (tertiary/aromatic N) is 7. The smallest absolute Gasteiger partial charge is 0.274 e. The van der Waals surface area contributed by atoms with E-state index in [1.165, 1.54) is 4.68 Å². The van der Waals surface area contributed by atoms with Crippen LogP contribution in [0.15, 0.2) is 58.8 Å². The van der Waals surface area contributed by atoms with Crippen molar-refractivity contribution in [1.29, 1.82) is 0 Å². The monoisotopic (exact) mass is 436 g/mol. The Labute approximate surface area is 185 Å². The van der Waals surface area contributed by atoms with Gasteiger partial charge in [0.1, 0.15) is 18.1 Å². The SMILES string of the molecule is CCCON=C(C)C(=O)Nc1cccc(CO/N=C(/c2ccccc2)c2nnnn2C)n1. The molecule has 0 bridgehead atoms. The molecule has 3 rings (SSSR count). The third-order valence-corrected chi connectivity index (χ3v) is 4.12. The number of pyridine rings is 1. The molecule has 0 saturated heterocycles. The van der Waals surface area contributed by atoms with Gasteiger partial charge in [-0.15, -0.1) is 5.10 Å². The van der Waals surface area contributed by atoms with E-state index in [0.717, 1.165) is 12.0 Å². The average molecular weight is 436 g/mol. The van der Waals surface area contributed by atoms with Gasteiger partial charge in [0.2, 0.25) is 5.82 Å². The summed E-state index contributed by atoms with van der Waals surface area (Å²) < 4.78 is 1.51. The molecule has 1 amide bonds. The van der Waals surface area contributed by atoms with Gasteiger partial charge in [-0.3, -0.25) is 4.79 Å². The van der Waals surface area contributed by atoms with Crippen molar-refractivity contribution >= 4 is 23.1 Å². The Kier molecular flexibility index (Phi) is 7.96. The molecule has 0 saturated carbocycles. The number of nitrogens with one attached hydrogen (secondary N) is 1. The summed E-state index contributed by atoms with van der Waals surface area (Å²) in [5, 5.41) is 22.2. The fourth-order valence-corrected chi connectivity index (χ4v) is 2.52. The van der Waals surface area contributed by atoms with Crippen molar-refractivity contribution in [3.63, 3.8) is 0 Å². The van der Waals surface area contributed by atoms with Gasteiger partial charge in [-0.05, 0) is 35.9 Å². The van der Waals surface area contributed by atoms with Crippen molar-refractivity contribution in [2.45, 2.75) is 26.9 Å². The molecular weight excluding hydrogens is 412 g/mol. The second kappa shape index (κ2) is 11.3. The third kappa shape index (κ3) is 6.17. The van der Waals surface area contributed by atoms with Gasteiger partial charge in [-0.1, -0.05) is 53.6 Å². The van der Waals surface area contributed by atoms with Crippen molar-refractivity contribution in [2.24, 2.45) is 17.4 Å². The van der Waals surface area contributed by atoms with Gasteiger partial charge in [-0.2, -0.15) is 0 Å². The summed E-state index contributed by atoms with van der Waals surface area (Å²) in [4.78, 5) is 27.2. The van der Waals surface area contributed by atoms with Crippen LogP contribution >= 0.6 is 0 Å². The topological polar surface area (TPSA) is 129 Å². The van der Waals surface area contributed by atoms with Crippen LogP contribution in [0.4, 0.5) is 5.82 Å². The highest BCUT2D eigenvalue weighted by atomic mass is 16.6. The lowest BCUT2D eigenvalue weighted by molar-refractivity contribution is -0.110. The van der Waals surface area contributed by atoms with E-state index in [9.17, 15) is 4.79 Å². The minimum atomic E-state index is -0.397. The first kappa shape index (κ1) is 22.5. The first-order chi connectivity index (χ1) is 15.6. The third-order valence-electron chi connectivity index (χ3n) is 4.12. The van der Waals surface area contributed by atoms with E-state index in [0.29, 0.717) is 29.7 Å². The molecule has 1 N–H and O–H groups in total. The first-order valence-electron chi connectivity index (χ1n) is 10.0. The summed E-state index contributed by atoms with van der Waals surface area (Å²) in [5.74, 6) is 0.432. The molecule has 0 fully saturated rings. The molecule has 2 aromatic heterocycles. The molecule has 0 aliphatic rings. The summed E-state index contributed by atoms with van der Waals surface area (Å²) >= 11 is 0. The fraction of sp³-hybridized carbons (Fsp3) is 0.286. The molecule has 32 heavy (non-hydrogen) atoms. The van der Waals surface area contributed by atoms with Gasteiger partial charge in [0.05, 0.1) is 5.69 Å². The van der Waals surface area contributed by atoms with Gasteiger partial charge in [0.15, 0.2) is 12.3 Å². The van der Waals surface area contributed by atoms with E-state index in [1.54, 1.807) is 32.2 Å². The number of carbonyl (C=O) groups is 1. The molecule has 0 spiro atoms. The summed E-state index contributed by atoms with van der Waals surface area (Å²) in [5.41, 5.74) is 2.07. The van der Waals surface area contributed by atoms with Crippen molar-refractivity contribution in [1.82, 2.24) is 25.2 Å². The van der Waals surface area contributed by atoms with E-state index >= 15 is 0 Å². The number of rotatable bonds is 10. The number of hydrogen-bond acceptors (Lipinski definition) is 9. The second-order valence-electron chi connectivity index (χ2n) is 6.68. The zero-order valence-electron chi connectivity index (χ0n) is 18.1. The number of anilines is 1. The average Bonchev–Trinajstić information content (AvgIpc) is 3.23. The van der Waals surface area contributed by atoms with Crippen LogP contribution in [0.5, 0.6) is 0 Å². The van der Waals surface area contributed by atoms with Crippen LogP contribution in [0.25, 0.3) is 0 Å². The molecule has 11 nitrogen and oxygen atoms in total. The molecule has 0 aliphatic heterocycles. The zero-order valence-corrected chi connectivity index (χ0v) is 18.1. The van der Waals surface area contributed by atoms with Gasteiger partial charge in [0.25, 0.3) is 5.91 Å². The molecule has 0 radical (unpaired) electrons. The van der Waals surface area contributed by atoms with Crippen molar-refractivity contribution < 1.29 is 14.5 Å². The fourth-order valence-electron chi connectivity index (χ4n) is 2.52. The Hall–Kier alpha value is -4.15. The Morgan fingerprint density at radius 1 is 1.09 bits per heavy atom. The number of benzene rings is 1. The second-order valence-corrected chi connectivity index (χ2v) is 6.68. The summed E-state index contributed by atoms with van der Waals surface area (Å²) in [7, 11) is 1.72. The molecule has 1 aromatic carbocycles. The van der Waals surface area contributed by atoms with Crippen molar-refractivity contribution in [3.05, 3.63) is 65.6 Å². The maximum absolute atomic E-state index is 12.2. The Balaban J connectivity index is 1.68. The molecule has 0 atom stereocenters. The van der Waals surface area contributed by atoms with E-state index in [-0.39, 0.29) is 12.3 Å². The molecule has 11 heteroatoms. The predicted molar refractivity (Wildman–Crippen MR) is 118 cm³/mol. The van der Waals surface area contributed by atoms with E-state index in [1.807, 2.05) is 37.3 Å². The Bertz CT molecular complexity index is 1100. The summed E-state index contributed by atoms with van der Waals surface area (Å²) in [6.45, 7) is 4.06. The molecule has 3 aromatic rings. The van der Waals surface area contributed by atoms with Gasteiger partial charge >= 0.3 is 0 Å². The number of aryl methyl sites for hydroxylation is 1. The van der Waals surface area contributed by atoms with Crippen LogP contribution in [0.1, 0.15) is 37.4 Å². The maximum atomic E-state index is 12.2. The largest absolute Gasteiger partial charge is 0.395 e. The highest BCUT2D eigenvalue weighted by molar-refractivity contribution is 6.41. The van der Waals surface area contributed by atoms with Crippen LogP contribution in [-0.2, 0) is 28.1 Å². The minimum absolute atomic E-state index is 0.0814. The number of amides is 1. The predicted octanol–water partition coefficient (Wildman–Crippen LogP) is 2.32. The lowest BCUT2D eigenvalue weighted by Gasteiger charge is -2.07. The molecule has 0 aliphatic carbocycles. The summed E-state index contributed by atoms with van der Waals surface area (Å²) in [6.07, 6.45) is 0.809. The van der Waals surface area contributed by atoms with Crippen LogP contribution in [0, 0.1) is 0 Å². The van der Waals surface area contributed by atoms with Crippen molar-refractivity contribution in [2.75, 3.05) is 11.9 Å². The lowest BCUT2D eigenvalue weighted by atomic mass is 10.1. The van der Waals surface area contributed by atoms with E-state index in [4.69, 9.17) is 9.68 Å². The van der Waals surface area contributed by atoms with E-state index in [2.05, 4.69) is 36.1 Å². The standard InChI is InChI=1S/C21H24N8O3/c1-4-13-31-25-15(2)21(30)23-18-12-8-11-17(22-18)14-32-26-19(16-9-6-5-7-10-16)20-24-27-28-29(20)3/h5-12H,4,13-14H2,1-3H3,(H,22,23,30)/b25-15?,26-19-. The highest BCUT2D eigenvalue weighted by Gasteiger charge is 2.15. The van der Waals surface area contributed by atoms with Crippen LogP contribution < -0.4 is 5.32 Å². The molecule has 2 heterocycles. The minimum Gasteiger partial charge on any atom is -0.395 e. The quantitative estimate of drug-likeness (QED) is 0.293. The number of hydrogen-bond donors (Lipinski definition) is 1. The number of aromatic nitrogens is 5. The van der Waals surface area contributed by atoms with Gasteiger partial charge < -0.3 is 15.0 Å². The normalized spacial score (nSPS) is 11.8. The van der Waals surface area contributed by atoms with Gasteiger partial charge in [-0.25, -0.2) is 9.67 Å². The number of carbonyl (C=O) groups excluding carboxylic acids is 1. The Morgan fingerprint density at radius 3 is 2.62 bits per heavy atom.